The SMILES string of the molecule is CC(=O)[C@H]1O[C@@H](CNS(=O)(=O)CCC(F)(F)F)C[C@H]1C. The van der Waals surface area contributed by atoms with Crippen LogP contribution in [0.5, 0.6) is 0 Å². The van der Waals surface area contributed by atoms with Gasteiger partial charge in [-0.3, -0.25) is 4.79 Å². The summed E-state index contributed by atoms with van der Waals surface area (Å²) in [6.07, 6.45) is -6.46. The Morgan fingerprint density at radius 2 is 2.00 bits per heavy atom. The highest BCUT2D eigenvalue weighted by Crippen LogP contribution is 2.26. The molecule has 118 valence electrons. The topological polar surface area (TPSA) is 72.5 Å². The lowest BCUT2D eigenvalue weighted by atomic mass is 9.99. The van der Waals surface area contributed by atoms with Crippen LogP contribution in [-0.2, 0) is 19.6 Å². The lowest BCUT2D eigenvalue weighted by molar-refractivity contribution is -0.130. The summed E-state index contributed by atoms with van der Waals surface area (Å²) < 4.78 is 66.2. The van der Waals surface area contributed by atoms with Gasteiger partial charge < -0.3 is 4.74 Å². The molecule has 0 aliphatic carbocycles. The van der Waals surface area contributed by atoms with Gasteiger partial charge in [0, 0.05) is 6.54 Å². The Balaban J connectivity index is 2.42. The molecule has 1 aliphatic rings. The molecule has 20 heavy (non-hydrogen) atoms. The summed E-state index contributed by atoms with van der Waals surface area (Å²) in [5, 5.41) is 0. The van der Waals surface area contributed by atoms with E-state index in [1.807, 2.05) is 6.92 Å². The van der Waals surface area contributed by atoms with E-state index in [9.17, 15) is 26.4 Å². The summed E-state index contributed by atoms with van der Waals surface area (Å²) in [5.41, 5.74) is 0. The summed E-state index contributed by atoms with van der Waals surface area (Å²) in [5.74, 6) is -1.17. The quantitative estimate of drug-likeness (QED) is 0.800. The number of hydrogen-bond acceptors (Lipinski definition) is 4. The van der Waals surface area contributed by atoms with Crippen LogP contribution in [0.2, 0.25) is 0 Å². The van der Waals surface area contributed by atoms with Crippen LogP contribution in [0.4, 0.5) is 13.2 Å². The second-order valence-electron chi connectivity index (χ2n) is 5.03. The molecule has 1 heterocycles. The average Bonchev–Trinajstić information content (AvgIpc) is 2.65. The Labute approximate surface area is 115 Å². The molecular weight excluding hydrogens is 299 g/mol. The molecule has 1 saturated heterocycles. The molecule has 1 aliphatic heterocycles. The van der Waals surface area contributed by atoms with Gasteiger partial charge in [-0.05, 0) is 19.3 Å². The van der Waals surface area contributed by atoms with Crippen LogP contribution >= 0.6 is 0 Å². The van der Waals surface area contributed by atoms with Crippen LogP contribution in [-0.4, -0.2) is 44.9 Å². The van der Waals surface area contributed by atoms with Crippen LogP contribution in [0.25, 0.3) is 0 Å². The van der Waals surface area contributed by atoms with Gasteiger partial charge in [-0.1, -0.05) is 6.92 Å². The Bertz CT molecular complexity index is 449. The zero-order chi connectivity index (χ0) is 15.6. The van der Waals surface area contributed by atoms with Crippen LogP contribution < -0.4 is 4.72 Å². The first kappa shape index (κ1) is 17.4. The van der Waals surface area contributed by atoms with Crippen molar-refractivity contribution in [1.29, 1.82) is 0 Å². The highest BCUT2D eigenvalue weighted by molar-refractivity contribution is 7.89. The van der Waals surface area contributed by atoms with E-state index in [1.165, 1.54) is 6.92 Å². The maximum atomic E-state index is 12.0. The van der Waals surface area contributed by atoms with Gasteiger partial charge in [-0.2, -0.15) is 13.2 Å². The Morgan fingerprint density at radius 3 is 2.45 bits per heavy atom. The number of ether oxygens (including phenoxy) is 1. The van der Waals surface area contributed by atoms with Crippen molar-refractivity contribution in [2.45, 2.75) is 45.1 Å². The number of carbonyl (C=O) groups is 1. The van der Waals surface area contributed by atoms with Crippen molar-refractivity contribution in [3.8, 4) is 0 Å². The van der Waals surface area contributed by atoms with Crippen LogP contribution in [0, 0.1) is 5.92 Å². The number of alkyl halides is 3. The van der Waals surface area contributed by atoms with E-state index >= 15 is 0 Å². The standard InChI is InChI=1S/C11H18F3NO4S/c1-7-5-9(19-10(7)8(2)16)6-15-20(17,18)4-3-11(12,13)14/h7,9-10,15H,3-6H2,1-2H3/t7-,9-,10+/m1/s1. The van der Waals surface area contributed by atoms with Gasteiger partial charge >= 0.3 is 6.18 Å². The normalized spacial score (nSPS) is 27.8. The molecule has 0 saturated carbocycles. The summed E-state index contributed by atoms with van der Waals surface area (Å²) in [4.78, 5) is 11.2. The Kier molecular flexibility index (Phi) is 5.56. The predicted octanol–water partition coefficient (Wildman–Crippen LogP) is 1.24. The molecule has 5 nitrogen and oxygen atoms in total. The fourth-order valence-electron chi connectivity index (χ4n) is 2.11. The molecule has 3 atom stereocenters. The van der Waals surface area contributed by atoms with E-state index in [4.69, 9.17) is 4.74 Å². The van der Waals surface area contributed by atoms with Gasteiger partial charge in [0.05, 0.1) is 18.3 Å². The maximum Gasteiger partial charge on any atom is 0.390 e. The number of nitrogens with one attached hydrogen (secondary N) is 1. The number of sulfonamides is 1. The van der Waals surface area contributed by atoms with Crippen molar-refractivity contribution in [3.63, 3.8) is 0 Å². The van der Waals surface area contributed by atoms with E-state index < -0.39 is 40.6 Å². The number of rotatable bonds is 6. The Hall–Kier alpha value is -0.670. The molecule has 1 N–H and O–H groups in total. The largest absolute Gasteiger partial charge is 0.390 e. The molecule has 1 fully saturated rings. The van der Waals surface area contributed by atoms with Crippen molar-refractivity contribution >= 4 is 15.8 Å². The van der Waals surface area contributed by atoms with Gasteiger partial charge in [0.15, 0.2) is 5.78 Å². The van der Waals surface area contributed by atoms with Crippen molar-refractivity contribution in [2.75, 3.05) is 12.3 Å². The van der Waals surface area contributed by atoms with Crippen molar-refractivity contribution < 1.29 is 31.1 Å². The molecule has 0 aromatic rings. The van der Waals surface area contributed by atoms with Gasteiger partial charge in [0.25, 0.3) is 0 Å². The number of halogens is 3. The minimum Gasteiger partial charge on any atom is -0.366 e. The van der Waals surface area contributed by atoms with Crippen LogP contribution in [0.15, 0.2) is 0 Å². The fourth-order valence-corrected chi connectivity index (χ4v) is 3.19. The fraction of sp³-hybridized carbons (Fsp3) is 0.909. The van der Waals surface area contributed by atoms with E-state index in [0.29, 0.717) is 6.42 Å². The van der Waals surface area contributed by atoms with Gasteiger partial charge in [-0.25, -0.2) is 13.1 Å². The average molecular weight is 317 g/mol. The third-order valence-corrected chi connectivity index (χ3v) is 4.42. The third kappa shape index (κ3) is 5.76. The molecule has 0 unspecified atom stereocenters. The highest BCUT2D eigenvalue weighted by atomic mass is 32.2. The first-order valence-electron chi connectivity index (χ1n) is 6.20. The number of carbonyl (C=O) groups excluding carboxylic acids is 1. The molecule has 0 spiro atoms. The molecule has 0 aromatic heterocycles. The van der Waals surface area contributed by atoms with Crippen LogP contribution in [0.1, 0.15) is 26.7 Å². The van der Waals surface area contributed by atoms with Crippen LogP contribution in [0.3, 0.4) is 0 Å². The molecule has 0 amide bonds. The van der Waals surface area contributed by atoms with E-state index in [1.54, 1.807) is 0 Å². The van der Waals surface area contributed by atoms with Crippen molar-refractivity contribution in [2.24, 2.45) is 5.92 Å². The van der Waals surface area contributed by atoms with Crippen molar-refractivity contribution in [3.05, 3.63) is 0 Å². The van der Waals surface area contributed by atoms with E-state index in [2.05, 4.69) is 4.72 Å². The van der Waals surface area contributed by atoms with E-state index in [0.717, 1.165) is 0 Å². The Morgan fingerprint density at radius 1 is 1.40 bits per heavy atom. The summed E-state index contributed by atoms with van der Waals surface area (Å²) in [6, 6.07) is 0. The van der Waals surface area contributed by atoms with Gasteiger partial charge in [0.1, 0.15) is 6.10 Å². The van der Waals surface area contributed by atoms with Gasteiger partial charge in [0.2, 0.25) is 10.0 Å². The summed E-state index contributed by atoms with van der Waals surface area (Å²) in [7, 11) is -3.99. The molecule has 0 radical (unpaired) electrons. The number of ketones is 1. The zero-order valence-corrected chi connectivity index (χ0v) is 12.1. The van der Waals surface area contributed by atoms with E-state index in [-0.39, 0.29) is 18.2 Å². The lowest BCUT2D eigenvalue weighted by Crippen LogP contribution is -2.35. The number of Topliss-reactive ketones (excluding diaryl/α,β-unsaturated/α-hetero) is 1. The second-order valence-corrected chi connectivity index (χ2v) is 6.96. The third-order valence-electron chi connectivity index (χ3n) is 3.08. The first-order valence-corrected chi connectivity index (χ1v) is 7.85. The zero-order valence-electron chi connectivity index (χ0n) is 11.2. The van der Waals surface area contributed by atoms with Crippen molar-refractivity contribution in [1.82, 2.24) is 4.72 Å². The summed E-state index contributed by atoms with van der Waals surface area (Å²) >= 11 is 0. The monoisotopic (exact) mass is 317 g/mol. The molecule has 1 rings (SSSR count). The second kappa shape index (κ2) is 6.40. The molecular formula is C11H18F3NO4S. The predicted molar refractivity (Wildman–Crippen MR) is 65.6 cm³/mol. The minimum absolute atomic E-state index is 0.0304. The maximum absolute atomic E-state index is 12.0. The molecule has 0 aromatic carbocycles. The van der Waals surface area contributed by atoms with Gasteiger partial charge in [-0.15, -0.1) is 0 Å². The highest BCUT2D eigenvalue weighted by Gasteiger charge is 2.36. The minimum atomic E-state index is -4.51. The lowest BCUT2D eigenvalue weighted by Gasteiger charge is -2.13. The number of hydrogen-bond donors (Lipinski definition) is 1. The smallest absolute Gasteiger partial charge is 0.366 e. The first-order chi connectivity index (χ1) is 9.00. The summed E-state index contributed by atoms with van der Waals surface area (Å²) in [6.45, 7) is 3.08. The molecule has 9 heteroatoms. The molecule has 0 bridgehead atoms.